The van der Waals surface area contributed by atoms with Gasteiger partial charge >= 0.3 is 0 Å². The third-order valence-corrected chi connectivity index (χ3v) is 5.46. The highest BCUT2D eigenvalue weighted by atomic mass is 15.2. The Balaban J connectivity index is 1.66. The predicted molar refractivity (Wildman–Crippen MR) is 89.4 cm³/mol. The Labute approximate surface area is 129 Å². The van der Waals surface area contributed by atoms with E-state index in [1.807, 2.05) is 0 Å². The average Bonchev–Trinajstić information content (AvgIpc) is 3.07. The van der Waals surface area contributed by atoms with Crippen LogP contribution in [0.3, 0.4) is 0 Å². The van der Waals surface area contributed by atoms with Crippen molar-refractivity contribution in [3.05, 3.63) is 34.9 Å². The third kappa shape index (κ3) is 3.49. The molecule has 2 heteroatoms. The second kappa shape index (κ2) is 6.50. The highest BCUT2D eigenvalue weighted by Crippen LogP contribution is 2.36. The minimum absolute atomic E-state index is 0.158. The van der Waals surface area contributed by atoms with Crippen molar-refractivity contribution in [3.8, 4) is 0 Å². The van der Waals surface area contributed by atoms with Crippen molar-refractivity contribution in [1.29, 1.82) is 0 Å². The van der Waals surface area contributed by atoms with Crippen molar-refractivity contribution in [2.45, 2.75) is 64.5 Å². The minimum atomic E-state index is 0.158. The summed E-state index contributed by atoms with van der Waals surface area (Å²) in [5.41, 5.74) is 10.5. The lowest BCUT2D eigenvalue weighted by Crippen LogP contribution is -2.39. The molecule has 0 bridgehead atoms. The van der Waals surface area contributed by atoms with Gasteiger partial charge in [0.05, 0.1) is 0 Å². The molecule has 0 aromatic heterocycles. The van der Waals surface area contributed by atoms with Crippen LogP contribution in [0.25, 0.3) is 0 Å². The van der Waals surface area contributed by atoms with Gasteiger partial charge in [-0.1, -0.05) is 42.2 Å². The maximum absolute atomic E-state index is 6.53. The topological polar surface area (TPSA) is 29.3 Å². The van der Waals surface area contributed by atoms with Crippen LogP contribution in [0, 0.1) is 19.8 Å². The maximum atomic E-state index is 6.53. The molecule has 3 rings (SSSR count). The van der Waals surface area contributed by atoms with E-state index < -0.39 is 0 Å². The van der Waals surface area contributed by atoms with Gasteiger partial charge in [-0.3, -0.25) is 4.90 Å². The van der Waals surface area contributed by atoms with Gasteiger partial charge in [0.1, 0.15) is 0 Å². The molecular formula is C19H30N2. The minimum Gasteiger partial charge on any atom is -0.323 e. The molecule has 116 valence electrons. The van der Waals surface area contributed by atoms with Gasteiger partial charge in [-0.05, 0) is 57.6 Å². The number of likely N-dealkylation sites (tertiary alicyclic amines) is 1. The largest absolute Gasteiger partial charge is 0.323 e. The van der Waals surface area contributed by atoms with E-state index in [0.717, 1.165) is 18.5 Å². The first kappa shape index (κ1) is 15.1. The molecule has 1 heterocycles. The van der Waals surface area contributed by atoms with Crippen LogP contribution in [0.4, 0.5) is 0 Å². The van der Waals surface area contributed by atoms with Crippen LogP contribution in [0.5, 0.6) is 0 Å². The summed E-state index contributed by atoms with van der Waals surface area (Å²) < 4.78 is 0. The quantitative estimate of drug-likeness (QED) is 0.908. The normalized spacial score (nSPS) is 25.6. The Kier molecular flexibility index (Phi) is 4.66. The zero-order valence-corrected chi connectivity index (χ0v) is 13.6. The van der Waals surface area contributed by atoms with E-state index in [-0.39, 0.29) is 6.04 Å². The Morgan fingerprint density at radius 1 is 1.05 bits per heavy atom. The molecule has 0 radical (unpaired) electrons. The second-order valence-corrected chi connectivity index (χ2v) is 7.28. The number of hydrogen-bond donors (Lipinski definition) is 1. The molecule has 1 aromatic carbocycles. The average molecular weight is 286 g/mol. The molecule has 2 aliphatic rings. The van der Waals surface area contributed by atoms with Gasteiger partial charge < -0.3 is 5.73 Å². The van der Waals surface area contributed by atoms with E-state index in [4.69, 9.17) is 5.73 Å². The van der Waals surface area contributed by atoms with E-state index >= 15 is 0 Å². The second-order valence-electron chi connectivity index (χ2n) is 7.28. The zero-order chi connectivity index (χ0) is 14.8. The molecule has 0 amide bonds. The maximum Gasteiger partial charge on any atom is 0.0424 e. The molecule has 1 aliphatic carbocycles. The highest BCUT2D eigenvalue weighted by molar-refractivity contribution is 5.30. The van der Waals surface area contributed by atoms with Crippen molar-refractivity contribution >= 4 is 0 Å². The van der Waals surface area contributed by atoms with Crippen LogP contribution in [-0.2, 0) is 0 Å². The van der Waals surface area contributed by atoms with Crippen LogP contribution in [0.15, 0.2) is 18.2 Å². The van der Waals surface area contributed by atoms with Crippen LogP contribution in [0.1, 0.15) is 61.3 Å². The first-order valence-corrected chi connectivity index (χ1v) is 8.71. The lowest BCUT2D eigenvalue weighted by atomic mass is 9.95. The lowest BCUT2D eigenvalue weighted by Gasteiger charge is -2.31. The van der Waals surface area contributed by atoms with E-state index in [1.165, 1.54) is 61.8 Å². The fraction of sp³-hybridized carbons (Fsp3) is 0.684. The van der Waals surface area contributed by atoms with Gasteiger partial charge in [0.15, 0.2) is 0 Å². The number of aryl methyl sites for hydroxylation is 2. The molecule has 1 aromatic rings. The monoisotopic (exact) mass is 286 g/mol. The first-order chi connectivity index (χ1) is 10.1. The number of nitrogens with two attached hydrogens (primary N) is 1. The first-order valence-electron chi connectivity index (χ1n) is 8.71. The third-order valence-electron chi connectivity index (χ3n) is 5.46. The van der Waals surface area contributed by atoms with E-state index in [2.05, 4.69) is 36.9 Å². The van der Waals surface area contributed by atoms with Crippen LogP contribution < -0.4 is 5.73 Å². The highest BCUT2D eigenvalue weighted by Gasteiger charge is 2.33. The summed E-state index contributed by atoms with van der Waals surface area (Å²) in [5.74, 6) is 0.943. The van der Waals surface area contributed by atoms with Gasteiger partial charge in [-0.15, -0.1) is 0 Å². The molecule has 1 saturated heterocycles. The van der Waals surface area contributed by atoms with Crippen molar-refractivity contribution in [2.24, 2.45) is 11.7 Å². The molecule has 2 nitrogen and oxygen atoms in total. The molecule has 1 saturated carbocycles. The summed E-state index contributed by atoms with van der Waals surface area (Å²) in [5, 5.41) is 0. The van der Waals surface area contributed by atoms with Crippen molar-refractivity contribution < 1.29 is 0 Å². The number of nitrogens with zero attached hydrogens (tertiary/aromatic N) is 1. The van der Waals surface area contributed by atoms with Crippen LogP contribution in [0.2, 0.25) is 0 Å². The molecular weight excluding hydrogens is 256 g/mol. The summed E-state index contributed by atoms with van der Waals surface area (Å²) in [7, 11) is 0. The van der Waals surface area contributed by atoms with Gasteiger partial charge in [0.2, 0.25) is 0 Å². The Morgan fingerprint density at radius 3 is 2.38 bits per heavy atom. The number of hydrogen-bond acceptors (Lipinski definition) is 2. The fourth-order valence-corrected chi connectivity index (χ4v) is 4.54. The fourth-order valence-electron chi connectivity index (χ4n) is 4.54. The van der Waals surface area contributed by atoms with Gasteiger partial charge in [-0.2, -0.15) is 0 Å². The van der Waals surface area contributed by atoms with Crippen molar-refractivity contribution in [3.63, 3.8) is 0 Å². The SMILES string of the molecule is Cc1cc(C)cc(C(N)CN2CCCC2C2CCCC2)c1. The van der Waals surface area contributed by atoms with Gasteiger partial charge in [-0.25, -0.2) is 0 Å². The van der Waals surface area contributed by atoms with E-state index in [1.54, 1.807) is 0 Å². The lowest BCUT2D eigenvalue weighted by molar-refractivity contribution is 0.181. The molecule has 2 fully saturated rings. The van der Waals surface area contributed by atoms with Gasteiger partial charge in [0.25, 0.3) is 0 Å². The molecule has 1 aliphatic heterocycles. The van der Waals surface area contributed by atoms with Crippen LogP contribution >= 0.6 is 0 Å². The Hall–Kier alpha value is -0.860. The number of benzene rings is 1. The standard InChI is InChI=1S/C19H30N2/c1-14-10-15(2)12-17(11-14)18(20)13-21-9-5-8-19(21)16-6-3-4-7-16/h10-12,16,18-19H,3-9,13,20H2,1-2H3. The summed E-state index contributed by atoms with van der Waals surface area (Å²) in [6.07, 6.45) is 8.53. The smallest absolute Gasteiger partial charge is 0.0424 e. The zero-order valence-electron chi connectivity index (χ0n) is 13.6. The Bertz CT molecular complexity index is 456. The Morgan fingerprint density at radius 2 is 1.71 bits per heavy atom. The van der Waals surface area contributed by atoms with Gasteiger partial charge in [0, 0.05) is 18.6 Å². The van der Waals surface area contributed by atoms with Crippen LogP contribution in [-0.4, -0.2) is 24.0 Å². The molecule has 0 spiro atoms. The molecule has 2 unspecified atom stereocenters. The van der Waals surface area contributed by atoms with Crippen molar-refractivity contribution in [2.75, 3.05) is 13.1 Å². The van der Waals surface area contributed by atoms with E-state index in [9.17, 15) is 0 Å². The predicted octanol–water partition coefficient (Wildman–Crippen LogP) is 3.96. The molecule has 2 N–H and O–H groups in total. The molecule has 2 atom stereocenters. The molecule has 21 heavy (non-hydrogen) atoms. The summed E-state index contributed by atoms with van der Waals surface area (Å²) in [6, 6.07) is 7.72. The summed E-state index contributed by atoms with van der Waals surface area (Å²) >= 11 is 0. The van der Waals surface area contributed by atoms with Crippen molar-refractivity contribution in [1.82, 2.24) is 4.90 Å². The summed E-state index contributed by atoms with van der Waals surface area (Å²) in [6.45, 7) is 6.62. The van der Waals surface area contributed by atoms with E-state index in [0.29, 0.717) is 0 Å². The number of rotatable bonds is 4. The summed E-state index contributed by atoms with van der Waals surface area (Å²) in [4.78, 5) is 2.69.